The third kappa shape index (κ3) is 2.03. The van der Waals surface area contributed by atoms with E-state index in [2.05, 4.69) is 34.0 Å². The Bertz CT molecular complexity index is 369. The van der Waals surface area contributed by atoms with Gasteiger partial charge in [-0.3, -0.25) is 0 Å². The Hall–Kier alpha value is -1.52. The minimum Gasteiger partial charge on any atom is -0.373 e. The predicted molar refractivity (Wildman–Crippen MR) is 66.5 cm³/mol. The summed E-state index contributed by atoms with van der Waals surface area (Å²) < 4.78 is 0. The molecule has 0 amide bonds. The van der Waals surface area contributed by atoms with Crippen LogP contribution in [0.15, 0.2) is 6.07 Å². The Morgan fingerprint density at radius 1 is 1.31 bits per heavy atom. The predicted octanol–water partition coefficient (Wildman–Crippen LogP) is 1.19. The largest absolute Gasteiger partial charge is 0.373 e. The molecule has 0 aromatic carbocycles. The lowest BCUT2D eigenvalue weighted by Crippen LogP contribution is -2.21. The second-order valence-electron chi connectivity index (χ2n) is 4.58. The highest BCUT2D eigenvalue weighted by molar-refractivity contribution is 5.52. The fourth-order valence-electron chi connectivity index (χ4n) is 2.06. The lowest BCUT2D eigenvalue weighted by Gasteiger charge is -2.17. The molecule has 0 bridgehead atoms. The number of nitrogens with one attached hydrogen (secondary N) is 1. The first kappa shape index (κ1) is 11.0. The van der Waals surface area contributed by atoms with Gasteiger partial charge in [0.1, 0.15) is 11.6 Å². The number of anilines is 3. The molecule has 1 aromatic rings. The normalized spacial score (nSPS) is 24.8. The fraction of sp³-hybridized carbons (Fsp3) is 0.636. The van der Waals surface area contributed by atoms with E-state index >= 15 is 0 Å². The van der Waals surface area contributed by atoms with Gasteiger partial charge in [0.15, 0.2) is 0 Å². The standard InChI is InChI=1S/C11H19N5/c1-7-5-16(6-8(7)2)10-4-9(13-3)14-11(12)15-10/h4,7-8H,5-6H2,1-3H3,(H3,12,13,14,15). The van der Waals surface area contributed by atoms with Crippen LogP contribution < -0.4 is 16.0 Å². The molecule has 2 atom stereocenters. The maximum atomic E-state index is 5.68. The van der Waals surface area contributed by atoms with Crippen LogP contribution in [0, 0.1) is 11.8 Å². The molecule has 2 unspecified atom stereocenters. The molecule has 2 rings (SSSR count). The summed E-state index contributed by atoms with van der Waals surface area (Å²) in [4.78, 5) is 10.6. The Morgan fingerprint density at radius 2 is 1.94 bits per heavy atom. The van der Waals surface area contributed by atoms with Crippen LogP contribution in [0.3, 0.4) is 0 Å². The SMILES string of the molecule is CNc1cc(N2CC(C)C(C)C2)nc(N)n1. The van der Waals surface area contributed by atoms with Crippen LogP contribution in [0.1, 0.15) is 13.8 Å². The van der Waals surface area contributed by atoms with Crippen molar-refractivity contribution >= 4 is 17.6 Å². The van der Waals surface area contributed by atoms with E-state index in [9.17, 15) is 0 Å². The van der Waals surface area contributed by atoms with E-state index in [0.29, 0.717) is 17.8 Å². The Morgan fingerprint density at radius 3 is 2.50 bits per heavy atom. The van der Waals surface area contributed by atoms with Gasteiger partial charge in [0.25, 0.3) is 0 Å². The Kier molecular flexibility index (Phi) is 2.85. The zero-order chi connectivity index (χ0) is 11.7. The fourth-order valence-corrected chi connectivity index (χ4v) is 2.06. The molecular weight excluding hydrogens is 202 g/mol. The molecule has 1 aromatic heterocycles. The highest BCUT2D eigenvalue weighted by Crippen LogP contribution is 2.27. The van der Waals surface area contributed by atoms with Crippen LogP contribution in [-0.2, 0) is 0 Å². The molecular formula is C11H19N5. The lowest BCUT2D eigenvalue weighted by atomic mass is 10.0. The highest BCUT2D eigenvalue weighted by Gasteiger charge is 2.27. The summed E-state index contributed by atoms with van der Waals surface area (Å²) in [6, 6.07) is 1.95. The van der Waals surface area contributed by atoms with Crippen LogP contribution in [0.4, 0.5) is 17.6 Å². The van der Waals surface area contributed by atoms with Gasteiger partial charge in [0, 0.05) is 26.2 Å². The third-order valence-corrected chi connectivity index (χ3v) is 3.30. The van der Waals surface area contributed by atoms with Crippen molar-refractivity contribution in [2.24, 2.45) is 11.8 Å². The summed E-state index contributed by atoms with van der Waals surface area (Å²) in [5, 5.41) is 3.00. The van der Waals surface area contributed by atoms with Crippen molar-refractivity contribution in [1.29, 1.82) is 0 Å². The summed E-state index contributed by atoms with van der Waals surface area (Å²) in [7, 11) is 1.83. The summed E-state index contributed by atoms with van der Waals surface area (Å²) >= 11 is 0. The van der Waals surface area contributed by atoms with Gasteiger partial charge >= 0.3 is 0 Å². The lowest BCUT2D eigenvalue weighted by molar-refractivity contribution is 0.494. The van der Waals surface area contributed by atoms with Gasteiger partial charge in [-0.15, -0.1) is 0 Å². The summed E-state index contributed by atoms with van der Waals surface area (Å²) in [6.45, 7) is 6.63. The zero-order valence-electron chi connectivity index (χ0n) is 10.1. The van der Waals surface area contributed by atoms with Crippen molar-refractivity contribution in [3.8, 4) is 0 Å². The molecule has 1 fully saturated rings. The molecule has 16 heavy (non-hydrogen) atoms. The highest BCUT2D eigenvalue weighted by atomic mass is 15.2. The molecule has 5 heteroatoms. The van der Waals surface area contributed by atoms with Gasteiger partial charge in [-0.1, -0.05) is 13.8 Å². The summed E-state index contributed by atoms with van der Waals surface area (Å²) in [6.07, 6.45) is 0. The van der Waals surface area contributed by atoms with Crippen LogP contribution in [0.25, 0.3) is 0 Å². The van der Waals surface area contributed by atoms with Crippen molar-refractivity contribution in [3.63, 3.8) is 0 Å². The number of nitrogens with two attached hydrogens (primary N) is 1. The molecule has 88 valence electrons. The first-order chi connectivity index (χ1) is 7.60. The first-order valence-electron chi connectivity index (χ1n) is 5.67. The third-order valence-electron chi connectivity index (χ3n) is 3.30. The Labute approximate surface area is 96.1 Å². The molecule has 3 N–H and O–H groups in total. The summed E-state index contributed by atoms with van der Waals surface area (Å²) in [5.74, 6) is 3.43. The number of rotatable bonds is 2. The van der Waals surface area contributed by atoms with E-state index in [-0.39, 0.29) is 0 Å². The number of hydrogen-bond acceptors (Lipinski definition) is 5. The topological polar surface area (TPSA) is 67.1 Å². The molecule has 1 aliphatic rings. The van der Waals surface area contributed by atoms with Gasteiger partial charge in [0.05, 0.1) is 0 Å². The summed E-state index contributed by atoms with van der Waals surface area (Å²) in [5.41, 5.74) is 5.68. The molecule has 0 spiro atoms. The monoisotopic (exact) mass is 221 g/mol. The maximum Gasteiger partial charge on any atom is 0.223 e. The molecule has 2 heterocycles. The smallest absolute Gasteiger partial charge is 0.223 e. The van der Waals surface area contributed by atoms with Gasteiger partial charge in [-0.05, 0) is 11.8 Å². The van der Waals surface area contributed by atoms with Crippen LogP contribution >= 0.6 is 0 Å². The number of nitrogens with zero attached hydrogens (tertiary/aromatic N) is 3. The maximum absolute atomic E-state index is 5.68. The quantitative estimate of drug-likeness (QED) is 0.785. The van der Waals surface area contributed by atoms with E-state index < -0.39 is 0 Å². The van der Waals surface area contributed by atoms with Gasteiger partial charge in [-0.2, -0.15) is 9.97 Å². The van der Waals surface area contributed by atoms with Crippen molar-refractivity contribution < 1.29 is 0 Å². The second kappa shape index (κ2) is 4.15. The molecule has 1 aliphatic heterocycles. The molecule has 0 radical (unpaired) electrons. The number of hydrogen-bond donors (Lipinski definition) is 2. The van der Waals surface area contributed by atoms with Crippen molar-refractivity contribution in [2.45, 2.75) is 13.8 Å². The van der Waals surface area contributed by atoms with Crippen LogP contribution in [0.5, 0.6) is 0 Å². The van der Waals surface area contributed by atoms with Crippen molar-refractivity contribution in [2.75, 3.05) is 36.1 Å². The van der Waals surface area contributed by atoms with Crippen molar-refractivity contribution in [1.82, 2.24) is 9.97 Å². The van der Waals surface area contributed by atoms with Crippen molar-refractivity contribution in [3.05, 3.63) is 6.07 Å². The molecule has 1 saturated heterocycles. The minimum absolute atomic E-state index is 0.328. The number of aromatic nitrogens is 2. The van der Waals surface area contributed by atoms with Crippen LogP contribution in [0.2, 0.25) is 0 Å². The van der Waals surface area contributed by atoms with E-state index in [0.717, 1.165) is 24.7 Å². The van der Waals surface area contributed by atoms with E-state index in [1.54, 1.807) is 0 Å². The Balaban J connectivity index is 2.24. The average Bonchev–Trinajstić information content (AvgIpc) is 2.58. The van der Waals surface area contributed by atoms with Crippen LogP contribution in [-0.4, -0.2) is 30.1 Å². The molecule has 0 aliphatic carbocycles. The van der Waals surface area contributed by atoms with Gasteiger partial charge < -0.3 is 16.0 Å². The van der Waals surface area contributed by atoms with E-state index in [4.69, 9.17) is 5.73 Å². The zero-order valence-corrected chi connectivity index (χ0v) is 10.1. The van der Waals surface area contributed by atoms with Gasteiger partial charge in [0.2, 0.25) is 5.95 Å². The molecule has 0 saturated carbocycles. The molecule has 5 nitrogen and oxygen atoms in total. The van der Waals surface area contributed by atoms with Gasteiger partial charge in [-0.25, -0.2) is 0 Å². The van der Waals surface area contributed by atoms with E-state index in [1.165, 1.54) is 0 Å². The first-order valence-corrected chi connectivity index (χ1v) is 5.67. The minimum atomic E-state index is 0.328. The number of nitrogen functional groups attached to an aromatic ring is 1. The second-order valence-corrected chi connectivity index (χ2v) is 4.58. The average molecular weight is 221 g/mol. The van der Waals surface area contributed by atoms with E-state index in [1.807, 2.05) is 13.1 Å².